The third-order valence-electron chi connectivity index (χ3n) is 7.61. The summed E-state index contributed by atoms with van der Waals surface area (Å²) < 4.78 is 12.5. The van der Waals surface area contributed by atoms with Crippen LogP contribution in [0.15, 0.2) is 18.2 Å². The number of fused-ring (bicyclic) bond motifs is 1. The molecule has 3 atom stereocenters. The van der Waals surface area contributed by atoms with Gasteiger partial charge in [0.25, 0.3) is 5.91 Å². The van der Waals surface area contributed by atoms with Crippen LogP contribution in [-0.2, 0) is 20.9 Å². The topological polar surface area (TPSA) is 88.2 Å². The zero-order valence-corrected chi connectivity index (χ0v) is 20.1. The van der Waals surface area contributed by atoms with Gasteiger partial charge in [-0.25, -0.2) is 0 Å². The molecule has 5 rings (SSSR count). The van der Waals surface area contributed by atoms with E-state index in [1.165, 1.54) is 0 Å². The maximum atomic E-state index is 12.9. The molecule has 8 heteroatoms. The Morgan fingerprint density at radius 3 is 2.56 bits per heavy atom. The van der Waals surface area contributed by atoms with Gasteiger partial charge in [0.15, 0.2) is 0 Å². The second-order valence-electron chi connectivity index (χ2n) is 10.3. The summed E-state index contributed by atoms with van der Waals surface area (Å²) >= 11 is 0. The predicted octanol–water partition coefficient (Wildman–Crippen LogP) is 2.64. The summed E-state index contributed by atoms with van der Waals surface area (Å²) in [4.78, 5) is 40.8. The molecule has 4 aliphatic rings. The largest absolute Gasteiger partial charge is 0.489 e. The van der Waals surface area contributed by atoms with Gasteiger partial charge < -0.3 is 14.4 Å². The van der Waals surface area contributed by atoms with E-state index in [9.17, 15) is 14.4 Å². The lowest BCUT2D eigenvalue weighted by Crippen LogP contribution is -2.52. The SMILES string of the molecule is CC(C)OC1CCN([C@@H]2CCC[C@H]2Oc2ccc3c(c2)CN(C2CCC(=O)NC2=O)C3=O)CC1. The van der Waals surface area contributed by atoms with Crippen molar-refractivity contribution in [2.24, 2.45) is 0 Å². The van der Waals surface area contributed by atoms with Crippen molar-refractivity contribution in [2.45, 2.75) is 95.7 Å². The summed E-state index contributed by atoms with van der Waals surface area (Å²) in [7, 11) is 0. The number of hydrogen-bond acceptors (Lipinski definition) is 6. The average molecular weight is 470 g/mol. The van der Waals surface area contributed by atoms with Gasteiger partial charge in [0.05, 0.1) is 12.2 Å². The highest BCUT2D eigenvalue weighted by molar-refractivity contribution is 6.05. The predicted molar refractivity (Wildman–Crippen MR) is 125 cm³/mol. The number of imide groups is 1. The summed E-state index contributed by atoms with van der Waals surface area (Å²) in [6.07, 6.45) is 6.88. The Morgan fingerprint density at radius 2 is 1.82 bits per heavy atom. The van der Waals surface area contributed by atoms with E-state index >= 15 is 0 Å². The minimum Gasteiger partial charge on any atom is -0.489 e. The monoisotopic (exact) mass is 469 g/mol. The van der Waals surface area contributed by atoms with Crippen LogP contribution in [0.4, 0.5) is 0 Å². The molecule has 3 fully saturated rings. The van der Waals surface area contributed by atoms with Crippen LogP contribution in [0.1, 0.15) is 74.7 Å². The third kappa shape index (κ3) is 4.70. The molecule has 1 aromatic carbocycles. The smallest absolute Gasteiger partial charge is 0.255 e. The number of carbonyl (C=O) groups is 3. The molecule has 0 radical (unpaired) electrons. The molecule has 3 heterocycles. The summed E-state index contributed by atoms with van der Waals surface area (Å²) in [6.45, 7) is 6.65. The van der Waals surface area contributed by atoms with E-state index in [2.05, 4.69) is 24.1 Å². The van der Waals surface area contributed by atoms with Gasteiger partial charge in [-0.2, -0.15) is 0 Å². The molecule has 1 N–H and O–H groups in total. The van der Waals surface area contributed by atoms with Crippen molar-refractivity contribution in [2.75, 3.05) is 13.1 Å². The van der Waals surface area contributed by atoms with Crippen molar-refractivity contribution < 1.29 is 23.9 Å². The molecule has 1 aromatic rings. The van der Waals surface area contributed by atoms with Crippen LogP contribution < -0.4 is 10.1 Å². The number of amides is 3. The first-order valence-electron chi connectivity index (χ1n) is 12.7. The minimum atomic E-state index is -0.594. The molecule has 34 heavy (non-hydrogen) atoms. The Hall–Kier alpha value is -2.45. The number of hydrogen-bond donors (Lipinski definition) is 1. The molecule has 0 bridgehead atoms. The lowest BCUT2D eigenvalue weighted by molar-refractivity contribution is -0.136. The maximum Gasteiger partial charge on any atom is 0.255 e. The summed E-state index contributed by atoms with van der Waals surface area (Å²) in [6, 6.07) is 5.47. The van der Waals surface area contributed by atoms with Gasteiger partial charge in [0.2, 0.25) is 11.8 Å². The van der Waals surface area contributed by atoms with Gasteiger partial charge in [0, 0.05) is 37.7 Å². The average Bonchev–Trinajstić information content (AvgIpc) is 3.38. The molecule has 2 saturated heterocycles. The van der Waals surface area contributed by atoms with Gasteiger partial charge in [0.1, 0.15) is 17.9 Å². The number of nitrogens with one attached hydrogen (secondary N) is 1. The lowest BCUT2D eigenvalue weighted by Gasteiger charge is -2.38. The highest BCUT2D eigenvalue weighted by Gasteiger charge is 2.40. The van der Waals surface area contributed by atoms with E-state index in [4.69, 9.17) is 9.47 Å². The summed E-state index contributed by atoms with van der Waals surface area (Å²) in [5.41, 5.74) is 1.50. The fourth-order valence-corrected chi connectivity index (χ4v) is 5.99. The molecule has 3 aliphatic heterocycles. The van der Waals surface area contributed by atoms with Crippen LogP contribution in [0.5, 0.6) is 5.75 Å². The molecule has 3 amide bonds. The van der Waals surface area contributed by atoms with Crippen molar-refractivity contribution in [1.82, 2.24) is 15.1 Å². The van der Waals surface area contributed by atoms with Crippen molar-refractivity contribution >= 4 is 17.7 Å². The summed E-state index contributed by atoms with van der Waals surface area (Å²) in [5, 5.41) is 2.35. The van der Waals surface area contributed by atoms with Gasteiger partial charge >= 0.3 is 0 Å². The van der Waals surface area contributed by atoms with E-state index in [-0.39, 0.29) is 36.4 Å². The zero-order valence-electron chi connectivity index (χ0n) is 20.1. The molecule has 1 aliphatic carbocycles. The van der Waals surface area contributed by atoms with Crippen LogP contribution in [0.25, 0.3) is 0 Å². The van der Waals surface area contributed by atoms with E-state index in [0.717, 1.165) is 56.5 Å². The summed E-state index contributed by atoms with van der Waals surface area (Å²) in [5.74, 6) is -0.0259. The first-order valence-corrected chi connectivity index (χ1v) is 12.7. The van der Waals surface area contributed by atoms with E-state index in [1.54, 1.807) is 4.90 Å². The minimum absolute atomic E-state index is 0.143. The Labute approximate surface area is 200 Å². The number of carbonyl (C=O) groups excluding carboxylic acids is 3. The molecular formula is C26H35N3O5. The van der Waals surface area contributed by atoms with Crippen LogP contribution in [-0.4, -0.2) is 71.0 Å². The van der Waals surface area contributed by atoms with Gasteiger partial charge in [-0.15, -0.1) is 0 Å². The molecule has 1 unspecified atom stereocenters. The number of piperidine rings is 2. The fraction of sp³-hybridized carbons (Fsp3) is 0.654. The fourth-order valence-electron chi connectivity index (χ4n) is 5.99. The second kappa shape index (κ2) is 9.66. The number of benzene rings is 1. The van der Waals surface area contributed by atoms with Gasteiger partial charge in [-0.05, 0) is 76.1 Å². The van der Waals surface area contributed by atoms with Crippen LogP contribution >= 0.6 is 0 Å². The molecule has 184 valence electrons. The van der Waals surface area contributed by atoms with E-state index in [1.807, 2.05) is 18.2 Å². The number of nitrogens with zero attached hydrogens (tertiary/aromatic N) is 2. The van der Waals surface area contributed by atoms with Crippen molar-refractivity contribution in [3.63, 3.8) is 0 Å². The first kappa shape index (κ1) is 23.3. The molecule has 0 aromatic heterocycles. The number of ether oxygens (including phenoxy) is 2. The number of rotatable bonds is 6. The second-order valence-corrected chi connectivity index (χ2v) is 10.3. The van der Waals surface area contributed by atoms with Crippen LogP contribution in [0, 0.1) is 0 Å². The van der Waals surface area contributed by atoms with Crippen molar-refractivity contribution in [1.29, 1.82) is 0 Å². The third-order valence-corrected chi connectivity index (χ3v) is 7.61. The molecular weight excluding hydrogens is 434 g/mol. The normalized spacial score (nSPS) is 28.5. The highest BCUT2D eigenvalue weighted by Crippen LogP contribution is 2.34. The quantitative estimate of drug-likeness (QED) is 0.645. The zero-order chi connectivity index (χ0) is 23.8. The Balaban J connectivity index is 1.22. The first-order chi connectivity index (χ1) is 16.4. The van der Waals surface area contributed by atoms with E-state index in [0.29, 0.717) is 30.7 Å². The lowest BCUT2D eigenvalue weighted by atomic mass is 10.0. The van der Waals surface area contributed by atoms with Crippen molar-refractivity contribution in [3.05, 3.63) is 29.3 Å². The van der Waals surface area contributed by atoms with Crippen LogP contribution in [0.3, 0.4) is 0 Å². The molecule has 1 saturated carbocycles. The Kier molecular flexibility index (Phi) is 6.62. The van der Waals surface area contributed by atoms with Crippen molar-refractivity contribution in [3.8, 4) is 5.75 Å². The van der Waals surface area contributed by atoms with Crippen LogP contribution in [0.2, 0.25) is 0 Å². The Bertz CT molecular complexity index is 956. The van der Waals surface area contributed by atoms with Gasteiger partial charge in [-0.3, -0.25) is 24.6 Å². The molecule has 8 nitrogen and oxygen atoms in total. The number of likely N-dealkylation sites (tertiary alicyclic amines) is 1. The highest BCUT2D eigenvalue weighted by atomic mass is 16.5. The van der Waals surface area contributed by atoms with E-state index < -0.39 is 6.04 Å². The van der Waals surface area contributed by atoms with Gasteiger partial charge in [-0.1, -0.05) is 0 Å². The standard InChI is InChI=1S/C26H35N3O5/c1-16(2)33-18-10-12-28(13-11-18)21-4-3-5-23(21)34-19-6-7-20-17(14-19)15-29(26(20)32)22-8-9-24(30)27-25(22)31/h6-7,14,16,18,21-23H,3-5,8-13,15H2,1-2H3,(H,27,30,31)/t21-,22?,23-/m1/s1. The maximum absolute atomic E-state index is 12.9. The Morgan fingerprint density at radius 1 is 1.03 bits per heavy atom. The molecule has 0 spiro atoms.